The van der Waals surface area contributed by atoms with Gasteiger partial charge in [-0.1, -0.05) is 19.9 Å². The molecule has 1 unspecified atom stereocenters. The first-order valence-corrected chi connectivity index (χ1v) is 5.88. The van der Waals surface area contributed by atoms with Gasteiger partial charge >= 0.3 is 0 Å². The van der Waals surface area contributed by atoms with Crippen LogP contribution in [0.25, 0.3) is 0 Å². The van der Waals surface area contributed by atoms with Crippen LogP contribution in [-0.2, 0) is 13.1 Å². The predicted molar refractivity (Wildman–Crippen MR) is 67.9 cm³/mol. The molecule has 1 atom stereocenters. The Morgan fingerprint density at radius 3 is 2.44 bits per heavy atom. The molecule has 0 aliphatic rings. The lowest BCUT2D eigenvalue weighted by molar-refractivity contribution is 0.198. The normalized spacial score (nSPS) is 13.4. The Kier molecular flexibility index (Phi) is 4.90. The van der Waals surface area contributed by atoms with Crippen LogP contribution in [0.4, 0.5) is 0 Å². The molecule has 1 heterocycles. The molecule has 0 fully saturated rings. The summed E-state index contributed by atoms with van der Waals surface area (Å²) in [5.41, 5.74) is 7.73. The zero-order valence-corrected chi connectivity index (χ0v) is 10.8. The van der Waals surface area contributed by atoms with E-state index in [4.69, 9.17) is 5.73 Å². The Labute approximate surface area is 98.7 Å². The van der Waals surface area contributed by atoms with Gasteiger partial charge in [0.15, 0.2) is 0 Å². The molecule has 1 aromatic rings. The summed E-state index contributed by atoms with van der Waals surface area (Å²) >= 11 is 0. The second-order valence-electron chi connectivity index (χ2n) is 4.76. The topological polar surface area (TPSA) is 42.1 Å². The molecule has 16 heavy (non-hydrogen) atoms. The van der Waals surface area contributed by atoms with Crippen LogP contribution >= 0.6 is 0 Å². The lowest BCUT2D eigenvalue weighted by atomic mass is 10.1. The van der Waals surface area contributed by atoms with Crippen LogP contribution in [-0.4, -0.2) is 23.0 Å². The third kappa shape index (κ3) is 3.58. The number of hydrogen-bond acceptors (Lipinski definition) is 3. The van der Waals surface area contributed by atoms with Crippen LogP contribution in [0, 0.1) is 5.92 Å². The number of hydrogen-bond donors (Lipinski definition) is 1. The lowest BCUT2D eigenvalue weighted by Crippen LogP contribution is -2.32. The van der Waals surface area contributed by atoms with Gasteiger partial charge in [-0.3, -0.25) is 9.88 Å². The summed E-state index contributed by atoms with van der Waals surface area (Å²) in [6.07, 6.45) is 1.86. The van der Waals surface area contributed by atoms with Crippen LogP contribution < -0.4 is 5.73 Å². The summed E-state index contributed by atoms with van der Waals surface area (Å²) in [4.78, 5) is 6.74. The summed E-state index contributed by atoms with van der Waals surface area (Å²) in [6, 6.07) is 4.68. The maximum Gasteiger partial charge on any atom is 0.0544 e. The summed E-state index contributed by atoms with van der Waals surface area (Å²) in [5, 5.41) is 0. The van der Waals surface area contributed by atoms with E-state index in [1.54, 1.807) is 0 Å². The number of nitrogens with zero attached hydrogens (tertiary/aromatic N) is 2. The highest BCUT2D eigenvalue weighted by atomic mass is 15.1. The summed E-state index contributed by atoms with van der Waals surface area (Å²) in [7, 11) is 2.14. The monoisotopic (exact) mass is 221 g/mol. The number of rotatable bonds is 5. The largest absolute Gasteiger partial charge is 0.326 e. The van der Waals surface area contributed by atoms with E-state index in [9.17, 15) is 0 Å². The van der Waals surface area contributed by atoms with Gasteiger partial charge in [0.2, 0.25) is 0 Å². The highest BCUT2D eigenvalue weighted by molar-refractivity contribution is 5.13. The van der Waals surface area contributed by atoms with Crippen LogP contribution in [0.1, 0.15) is 32.0 Å². The molecule has 0 aromatic carbocycles. The zero-order chi connectivity index (χ0) is 12.1. The first-order chi connectivity index (χ1) is 7.54. The van der Waals surface area contributed by atoms with Crippen molar-refractivity contribution < 1.29 is 0 Å². The van der Waals surface area contributed by atoms with E-state index in [-0.39, 0.29) is 0 Å². The molecule has 0 saturated carbocycles. The van der Waals surface area contributed by atoms with Crippen molar-refractivity contribution in [2.24, 2.45) is 11.7 Å². The fourth-order valence-corrected chi connectivity index (χ4v) is 1.58. The van der Waals surface area contributed by atoms with Crippen LogP contribution in [0.2, 0.25) is 0 Å². The second-order valence-corrected chi connectivity index (χ2v) is 4.76. The summed E-state index contributed by atoms with van der Waals surface area (Å²) in [6.45, 7) is 8.19. The van der Waals surface area contributed by atoms with Crippen molar-refractivity contribution in [2.75, 3.05) is 7.05 Å². The van der Waals surface area contributed by atoms with Crippen molar-refractivity contribution in [1.82, 2.24) is 9.88 Å². The molecule has 0 saturated heterocycles. The lowest BCUT2D eigenvalue weighted by Gasteiger charge is -2.27. The smallest absolute Gasteiger partial charge is 0.0544 e. The van der Waals surface area contributed by atoms with Crippen molar-refractivity contribution in [3.05, 3.63) is 29.6 Å². The van der Waals surface area contributed by atoms with Crippen molar-refractivity contribution in [3.8, 4) is 0 Å². The minimum absolute atomic E-state index is 0.561. The van der Waals surface area contributed by atoms with Crippen LogP contribution in [0.15, 0.2) is 18.3 Å². The molecular weight excluding hydrogens is 198 g/mol. The van der Waals surface area contributed by atoms with E-state index in [1.165, 1.54) is 0 Å². The van der Waals surface area contributed by atoms with E-state index in [0.717, 1.165) is 17.8 Å². The van der Waals surface area contributed by atoms with Gasteiger partial charge in [-0.05, 0) is 31.5 Å². The van der Waals surface area contributed by atoms with Gasteiger partial charge < -0.3 is 5.73 Å². The quantitative estimate of drug-likeness (QED) is 0.827. The molecule has 3 heteroatoms. The highest BCUT2D eigenvalue weighted by Gasteiger charge is 2.13. The first-order valence-electron chi connectivity index (χ1n) is 5.88. The highest BCUT2D eigenvalue weighted by Crippen LogP contribution is 2.11. The van der Waals surface area contributed by atoms with Crippen molar-refractivity contribution in [2.45, 2.75) is 39.9 Å². The molecule has 0 spiro atoms. The standard InChI is InChI=1S/C13H23N3/c1-10(2)11(3)16(4)9-13-6-5-12(7-14)8-15-13/h5-6,8,10-11H,7,9,14H2,1-4H3. The molecule has 0 bridgehead atoms. The minimum Gasteiger partial charge on any atom is -0.326 e. The van der Waals surface area contributed by atoms with Crippen LogP contribution in [0.5, 0.6) is 0 Å². The predicted octanol–water partition coefficient (Wildman–Crippen LogP) is 2.02. The van der Waals surface area contributed by atoms with Gasteiger partial charge in [0.1, 0.15) is 0 Å². The van der Waals surface area contributed by atoms with E-state index in [2.05, 4.69) is 49.8 Å². The molecule has 0 amide bonds. The molecule has 1 rings (SSSR count). The first kappa shape index (κ1) is 13.1. The van der Waals surface area contributed by atoms with Gasteiger partial charge in [-0.25, -0.2) is 0 Å². The van der Waals surface area contributed by atoms with Gasteiger partial charge in [0.05, 0.1) is 5.69 Å². The zero-order valence-electron chi connectivity index (χ0n) is 10.8. The van der Waals surface area contributed by atoms with Gasteiger partial charge in [0.25, 0.3) is 0 Å². The molecule has 0 aliphatic heterocycles. The fraction of sp³-hybridized carbons (Fsp3) is 0.615. The van der Waals surface area contributed by atoms with Crippen molar-refractivity contribution in [1.29, 1.82) is 0 Å². The molecule has 0 aliphatic carbocycles. The van der Waals surface area contributed by atoms with Gasteiger partial charge in [0, 0.05) is 25.3 Å². The molecule has 0 radical (unpaired) electrons. The van der Waals surface area contributed by atoms with Gasteiger partial charge in [-0.15, -0.1) is 0 Å². The Morgan fingerprint density at radius 1 is 1.31 bits per heavy atom. The minimum atomic E-state index is 0.561. The van der Waals surface area contributed by atoms with E-state index in [1.807, 2.05) is 6.20 Å². The number of nitrogens with two attached hydrogens (primary N) is 1. The van der Waals surface area contributed by atoms with E-state index < -0.39 is 0 Å². The number of aromatic nitrogens is 1. The fourth-order valence-electron chi connectivity index (χ4n) is 1.58. The molecule has 90 valence electrons. The maximum absolute atomic E-state index is 5.54. The molecule has 2 N–H and O–H groups in total. The Balaban J connectivity index is 2.59. The molecule has 1 aromatic heterocycles. The van der Waals surface area contributed by atoms with Crippen molar-refractivity contribution in [3.63, 3.8) is 0 Å². The molecule has 3 nitrogen and oxygen atoms in total. The molecular formula is C13H23N3. The SMILES string of the molecule is CC(C)C(C)N(C)Cc1ccc(CN)cn1. The Hall–Kier alpha value is -0.930. The Bertz CT molecular complexity index is 305. The Morgan fingerprint density at radius 2 is 2.00 bits per heavy atom. The van der Waals surface area contributed by atoms with E-state index in [0.29, 0.717) is 18.5 Å². The van der Waals surface area contributed by atoms with Crippen LogP contribution in [0.3, 0.4) is 0 Å². The average molecular weight is 221 g/mol. The summed E-state index contributed by atoms with van der Waals surface area (Å²) in [5.74, 6) is 0.660. The third-order valence-corrected chi connectivity index (χ3v) is 3.19. The second kappa shape index (κ2) is 5.97. The third-order valence-electron chi connectivity index (χ3n) is 3.19. The average Bonchev–Trinajstić information content (AvgIpc) is 2.28. The summed E-state index contributed by atoms with van der Waals surface area (Å²) < 4.78 is 0. The maximum atomic E-state index is 5.54. The van der Waals surface area contributed by atoms with E-state index >= 15 is 0 Å². The van der Waals surface area contributed by atoms with Crippen molar-refractivity contribution >= 4 is 0 Å². The van der Waals surface area contributed by atoms with Gasteiger partial charge in [-0.2, -0.15) is 0 Å². The number of pyridine rings is 1.